The summed E-state index contributed by atoms with van der Waals surface area (Å²) in [6.07, 6.45) is 1.54. The van der Waals surface area contributed by atoms with Gasteiger partial charge in [-0.1, -0.05) is 54.6 Å². The molecule has 0 saturated carbocycles. The third-order valence-corrected chi connectivity index (χ3v) is 4.73. The van der Waals surface area contributed by atoms with E-state index in [1.807, 2.05) is 18.2 Å². The average molecular weight is 324 g/mol. The number of aliphatic hydroxyl groups excluding tert-OH is 1. The van der Waals surface area contributed by atoms with E-state index in [0.717, 1.165) is 18.5 Å². The smallest absolute Gasteiger partial charge is 0.227 e. The number of nitrogens with one attached hydrogen (secondary N) is 2. The molecule has 4 heteroatoms. The lowest BCUT2D eigenvalue weighted by Crippen LogP contribution is -2.45. The van der Waals surface area contributed by atoms with Crippen molar-refractivity contribution in [2.75, 3.05) is 26.2 Å². The molecule has 1 aliphatic rings. The fourth-order valence-electron chi connectivity index (χ4n) is 3.36. The van der Waals surface area contributed by atoms with Crippen molar-refractivity contribution >= 4 is 5.91 Å². The van der Waals surface area contributed by atoms with Gasteiger partial charge in [0.2, 0.25) is 5.91 Å². The van der Waals surface area contributed by atoms with Crippen molar-refractivity contribution in [1.29, 1.82) is 0 Å². The molecule has 1 heterocycles. The van der Waals surface area contributed by atoms with E-state index in [1.165, 1.54) is 11.1 Å². The number of hydrogen-bond donors (Lipinski definition) is 3. The Labute approximate surface area is 142 Å². The molecule has 1 saturated heterocycles. The van der Waals surface area contributed by atoms with Gasteiger partial charge in [-0.25, -0.2) is 0 Å². The number of amides is 1. The van der Waals surface area contributed by atoms with Crippen molar-refractivity contribution in [2.24, 2.45) is 5.41 Å². The van der Waals surface area contributed by atoms with Crippen LogP contribution in [0.2, 0.25) is 0 Å². The van der Waals surface area contributed by atoms with E-state index in [0.29, 0.717) is 19.5 Å². The molecule has 3 N–H and O–H groups in total. The van der Waals surface area contributed by atoms with E-state index in [2.05, 4.69) is 47.0 Å². The molecule has 1 fully saturated rings. The molecule has 0 bridgehead atoms. The predicted molar refractivity (Wildman–Crippen MR) is 95.6 cm³/mol. The number of benzene rings is 2. The normalized spacial score (nSPS) is 20.0. The minimum Gasteiger partial charge on any atom is -0.395 e. The number of carbonyl (C=O) groups excluding carboxylic acids is 1. The van der Waals surface area contributed by atoms with Gasteiger partial charge in [-0.3, -0.25) is 4.79 Å². The fourth-order valence-corrected chi connectivity index (χ4v) is 3.36. The first-order valence-electron chi connectivity index (χ1n) is 8.48. The molecular formula is C20H24N2O2. The number of hydrogen-bond acceptors (Lipinski definition) is 3. The quantitative estimate of drug-likeness (QED) is 0.761. The molecule has 4 nitrogen and oxygen atoms in total. The summed E-state index contributed by atoms with van der Waals surface area (Å²) in [7, 11) is 0. The summed E-state index contributed by atoms with van der Waals surface area (Å²) in [5, 5.41) is 15.1. The summed E-state index contributed by atoms with van der Waals surface area (Å²) >= 11 is 0. The fraction of sp³-hybridized carbons (Fsp3) is 0.350. The zero-order valence-corrected chi connectivity index (χ0v) is 13.8. The van der Waals surface area contributed by atoms with E-state index < -0.39 is 5.41 Å². The molecule has 0 radical (unpaired) electrons. The number of aliphatic hydroxyl groups is 1. The Hall–Kier alpha value is -2.17. The molecule has 0 aromatic heterocycles. The van der Waals surface area contributed by atoms with E-state index >= 15 is 0 Å². The standard InChI is InChI=1S/C20H24N2O2/c23-13-12-22-19(24)20(10-11-21-15-20)14-16-6-8-18(9-7-16)17-4-2-1-3-5-17/h1-9,21,23H,10-15H2,(H,22,24). The Bertz CT molecular complexity index is 662. The molecule has 1 aliphatic heterocycles. The summed E-state index contributed by atoms with van der Waals surface area (Å²) in [5.41, 5.74) is 3.13. The summed E-state index contributed by atoms with van der Waals surface area (Å²) < 4.78 is 0. The third-order valence-electron chi connectivity index (χ3n) is 4.73. The van der Waals surface area contributed by atoms with E-state index in [9.17, 15) is 4.79 Å². The molecule has 24 heavy (non-hydrogen) atoms. The van der Waals surface area contributed by atoms with Crippen LogP contribution < -0.4 is 10.6 Å². The lowest BCUT2D eigenvalue weighted by atomic mass is 9.79. The maximum atomic E-state index is 12.6. The zero-order chi connectivity index (χ0) is 16.8. The van der Waals surface area contributed by atoms with Crippen LogP contribution in [-0.2, 0) is 11.2 Å². The molecule has 0 spiro atoms. The van der Waals surface area contributed by atoms with Crippen LogP contribution in [0.1, 0.15) is 12.0 Å². The van der Waals surface area contributed by atoms with Gasteiger partial charge in [0.05, 0.1) is 12.0 Å². The van der Waals surface area contributed by atoms with E-state index in [-0.39, 0.29) is 12.5 Å². The second kappa shape index (κ2) is 7.60. The zero-order valence-electron chi connectivity index (χ0n) is 13.8. The predicted octanol–water partition coefficient (Wildman–Crippen LogP) is 1.98. The van der Waals surface area contributed by atoms with Gasteiger partial charge in [0.1, 0.15) is 0 Å². The molecular weight excluding hydrogens is 300 g/mol. The minimum absolute atomic E-state index is 0.0268. The van der Waals surface area contributed by atoms with Crippen LogP contribution in [0, 0.1) is 5.41 Å². The molecule has 2 aromatic carbocycles. The number of rotatable bonds is 6. The van der Waals surface area contributed by atoms with Gasteiger partial charge in [0.25, 0.3) is 0 Å². The molecule has 2 aromatic rings. The summed E-state index contributed by atoms with van der Waals surface area (Å²) in [4.78, 5) is 12.6. The lowest BCUT2D eigenvalue weighted by molar-refractivity contribution is -0.130. The van der Waals surface area contributed by atoms with Crippen molar-refractivity contribution in [3.05, 3.63) is 60.2 Å². The van der Waals surface area contributed by atoms with Crippen LogP contribution >= 0.6 is 0 Å². The second-order valence-electron chi connectivity index (χ2n) is 6.43. The van der Waals surface area contributed by atoms with Gasteiger partial charge < -0.3 is 15.7 Å². The molecule has 1 amide bonds. The molecule has 1 atom stereocenters. The Morgan fingerprint density at radius 3 is 2.42 bits per heavy atom. The van der Waals surface area contributed by atoms with Gasteiger partial charge in [0, 0.05) is 13.1 Å². The van der Waals surface area contributed by atoms with E-state index in [1.54, 1.807) is 0 Å². The van der Waals surface area contributed by atoms with Gasteiger partial charge in [-0.2, -0.15) is 0 Å². The van der Waals surface area contributed by atoms with Gasteiger partial charge in [0.15, 0.2) is 0 Å². The van der Waals surface area contributed by atoms with Crippen molar-refractivity contribution < 1.29 is 9.90 Å². The molecule has 1 unspecified atom stereocenters. The number of carbonyl (C=O) groups is 1. The first-order valence-corrected chi connectivity index (χ1v) is 8.48. The van der Waals surface area contributed by atoms with Crippen LogP contribution in [0.4, 0.5) is 0 Å². The van der Waals surface area contributed by atoms with Gasteiger partial charge in [-0.05, 0) is 36.1 Å². The lowest BCUT2D eigenvalue weighted by Gasteiger charge is -2.27. The van der Waals surface area contributed by atoms with Gasteiger partial charge in [-0.15, -0.1) is 0 Å². The first-order chi connectivity index (χ1) is 11.7. The van der Waals surface area contributed by atoms with Crippen molar-refractivity contribution in [3.63, 3.8) is 0 Å². The average Bonchev–Trinajstić information content (AvgIpc) is 3.11. The Morgan fingerprint density at radius 2 is 1.79 bits per heavy atom. The second-order valence-corrected chi connectivity index (χ2v) is 6.43. The Balaban J connectivity index is 1.75. The SMILES string of the molecule is O=C(NCCO)C1(Cc2ccc(-c3ccccc3)cc2)CCNC1. The monoisotopic (exact) mass is 324 g/mol. The largest absolute Gasteiger partial charge is 0.395 e. The minimum atomic E-state index is -0.413. The van der Waals surface area contributed by atoms with Gasteiger partial charge >= 0.3 is 0 Å². The maximum Gasteiger partial charge on any atom is 0.227 e. The summed E-state index contributed by atoms with van der Waals surface area (Å²) in [6, 6.07) is 18.7. The maximum absolute atomic E-state index is 12.6. The van der Waals surface area contributed by atoms with E-state index in [4.69, 9.17) is 5.11 Å². The van der Waals surface area contributed by atoms with Crippen molar-refractivity contribution in [2.45, 2.75) is 12.8 Å². The summed E-state index contributed by atoms with van der Waals surface area (Å²) in [5.74, 6) is 0.0358. The molecule has 3 rings (SSSR count). The topological polar surface area (TPSA) is 61.4 Å². The first kappa shape index (κ1) is 16.7. The highest BCUT2D eigenvalue weighted by molar-refractivity contribution is 5.83. The highest BCUT2D eigenvalue weighted by Crippen LogP contribution is 2.31. The Kier molecular flexibility index (Phi) is 5.28. The van der Waals surface area contributed by atoms with Crippen molar-refractivity contribution in [3.8, 4) is 11.1 Å². The van der Waals surface area contributed by atoms with Crippen molar-refractivity contribution in [1.82, 2.24) is 10.6 Å². The van der Waals surface area contributed by atoms with Crippen LogP contribution in [0.3, 0.4) is 0 Å². The highest BCUT2D eigenvalue weighted by atomic mass is 16.3. The highest BCUT2D eigenvalue weighted by Gasteiger charge is 2.40. The van der Waals surface area contributed by atoms with Crippen LogP contribution in [0.15, 0.2) is 54.6 Å². The summed E-state index contributed by atoms with van der Waals surface area (Å²) in [6.45, 7) is 1.83. The van der Waals surface area contributed by atoms with Crippen LogP contribution in [-0.4, -0.2) is 37.3 Å². The van der Waals surface area contributed by atoms with Crippen LogP contribution in [0.5, 0.6) is 0 Å². The molecule has 126 valence electrons. The van der Waals surface area contributed by atoms with Crippen LogP contribution in [0.25, 0.3) is 11.1 Å². The Morgan fingerprint density at radius 1 is 1.08 bits per heavy atom. The molecule has 0 aliphatic carbocycles. The third kappa shape index (κ3) is 3.66.